The molecule has 5 heteroatoms. The lowest BCUT2D eigenvalue weighted by atomic mass is 10.2. The largest absolute Gasteiger partial charge is 0.460 e. The molecule has 0 aliphatic carbocycles. The Morgan fingerprint density at radius 3 is 2.74 bits per heavy atom. The number of nitrogens with one attached hydrogen (secondary N) is 1. The number of benzene rings is 1. The number of carbonyl (C=O) groups excluding carboxylic acids is 1. The van der Waals surface area contributed by atoms with Gasteiger partial charge in [-0.25, -0.2) is 4.39 Å². The molecular formula is C14H17FN2O2. The SMILES string of the molecule is CC(C)(C)OC(=O)CCNc1cccc(F)c1C#N. The van der Waals surface area contributed by atoms with E-state index in [-0.39, 0.29) is 24.5 Å². The fourth-order valence-corrected chi connectivity index (χ4v) is 1.48. The summed E-state index contributed by atoms with van der Waals surface area (Å²) >= 11 is 0. The van der Waals surface area contributed by atoms with Crippen molar-refractivity contribution in [2.45, 2.75) is 32.8 Å². The summed E-state index contributed by atoms with van der Waals surface area (Å²) in [5.74, 6) is -0.917. The molecular weight excluding hydrogens is 247 g/mol. The molecule has 0 spiro atoms. The molecule has 0 saturated heterocycles. The summed E-state index contributed by atoms with van der Waals surface area (Å²) in [6, 6.07) is 6.11. The van der Waals surface area contributed by atoms with Gasteiger partial charge in [-0.2, -0.15) is 5.26 Å². The van der Waals surface area contributed by atoms with Gasteiger partial charge >= 0.3 is 5.97 Å². The minimum Gasteiger partial charge on any atom is -0.460 e. The molecule has 0 radical (unpaired) electrons. The first-order valence-electron chi connectivity index (χ1n) is 5.98. The van der Waals surface area contributed by atoms with Gasteiger partial charge in [0.1, 0.15) is 23.1 Å². The summed E-state index contributed by atoms with van der Waals surface area (Å²) in [4.78, 5) is 11.5. The zero-order valence-corrected chi connectivity index (χ0v) is 11.3. The number of esters is 1. The molecule has 0 saturated carbocycles. The van der Waals surface area contributed by atoms with Gasteiger partial charge in [0, 0.05) is 6.54 Å². The van der Waals surface area contributed by atoms with Crippen LogP contribution in [-0.4, -0.2) is 18.1 Å². The molecule has 102 valence electrons. The molecule has 4 nitrogen and oxygen atoms in total. The maximum atomic E-state index is 13.3. The summed E-state index contributed by atoms with van der Waals surface area (Å²) in [5, 5.41) is 11.7. The van der Waals surface area contributed by atoms with Crippen molar-refractivity contribution >= 4 is 11.7 Å². The number of ether oxygens (including phenoxy) is 1. The summed E-state index contributed by atoms with van der Waals surface area (Å²) in [7, 11) is 0. The summed E-state index contributed by atoms with van der Waals surface area (Å²) in [5.41, 5.74) is -0.189. The van der Waals surface area contributed by atoms with Crippen LogP contribution in [0.5, 0.6) is 0 Å². The minimum atomic E-state index is -0.579. The van der Waals surface area contributed by atoms with Crippen LogP contribution >= 0.6 is 0 Å². The van der Waals surface area contributed by atoms with Crippen molar-refractivity contribution in [2.24, 2.45) is 0 Å². The van der Waals surface area contributed by atoms with Crippen LogP contribution in [0.4, 0.5) is 10.1 Å². The van der Waals surface area contributed by atoms with E-state index in [0.29, 0.717) is 5.69 Å². The predicted octanol–water partition coefficient (Wildman–Crippen LogP) is 2.84. The van der Waals surface area contributed by atoms with Crippen molar-refractivity contribution in [2.75, 3.05) is 11.9 Å². The third-order valence-electron chi connectivity index (χ3n) is 2.19. The van der Waals surface area contributed by atoms with Gasteiger partial charge in [0.15, 0.2) is 0 Å². The van der Waals surface area contributed by atoms with Crippen LogP contribution in [0.3, 0.4) is 0 Å². The molecule has 0 atom stereocenters. The van der Waals surface area contributed by atoms with Crippen molar-refractivity contribution in [1.29, 1.82) is 5.26 Å². The number of anilines is 1. The summed E-state index contributed by atoms with van der Waals surface area (Å²) < 4.78 is 18.4. The van der Waals surface area contributed by atoms with E-state index in [1.54, 1.807) is 32.9 Å². The molecule has 0 bridgehead atoms. The van der Waals surface area contributed by atoms with Crippen molar-refractivity contribution in [3.63, 3.8) is 0 Å². The molecule has 0 fully saturated rings. The standard InChI is InChI=1S/C14H17FN2O2/c1-14(2,3)19-13(18)7-8-17-12-6-4-5-11(15)10(12)9-16/h4-6,17H,7-8H2,1-3H3. The first-order chi connectivity index (χ1) is 8.83. The van der Waals surface area contributed by atoms with Crippen LogP contribution in [0.2, 0.25) is 0 Å². The second-order valence-electron chi connectivity index (χ2n) is 5.04. The summed E-state index contributed by atoms with van der Waals surface area (Å²) in [6.45, 7) is 5.66. The van der Waals surface area contributed by atoms with Crippen LogP contribution in [0.15, 0.2) is 18.2 Å². The highest BCUT2D eigenvalue weighted by Gasteiger charge is 2.16. The van der Waals surface area contributed by atoms with E-state index in [4.69, 9.17) is 10.00 Å². The Kier molecular flexibility index (Phi) is 4.87. The first-order valence-corrected chi connectivity index (χ1v) is 5.98. The smallest absolute Gasteiger partial charge is 0.308 e. The fourth-order valence-electron chi connectivity index (χ4n) is 1.48. The van der Waals surface area contributed by atoms with Gasteiger partial charge in [-0.3, -0.25) is 4.79 Å². The number of carbonyl (C=O) groups is 1. The number of nitrogens with zero attached hydrogens (tertiary/aromatic N) is 1. The molecule has 0 amide bonds. The zero-order chi connectivity index (χ0) is 14.5. The van der Waals surface area contributed by atoms with Gasteiger partial charge < -0.3 is 10.1 Å². The molecule has 1 aromatic rings. The lowest BCUT2D eigenvalue weighted by Crippen LogP contribution is -2.25. The Morgan fingerprint density at radius 1 is 1.47 bits per heavy atom. The van der Waals surface area contributed by atoms with Gasteiger partial charge in [0.25, 0.3) is 0 Å². The van der Waals surface area contributed by atoms with E-state index in [2.05, 4.69) is 5.32 Å². The Morgan fingerprint density at radius 2 is 2.16 bits per heavy atom. The minimum absolute atomic E-state index is 0.0494. The highest BCUT2D eigenvalue weighted by molar-refractivity contribution is 5.70. The lowest BCUT2D eigenvalue weighted by Gasteiger charge is -2.19. The molecule has 0 aliphatic heterocycles. The Hall–Kier alpha value is -2.09. The number of hydrogen-bond acceptors (Lipinski definition) is 4. The molecule has 1 aromatic carbocycles. The van der Waals surface area contributed by atoms with Gasteiger partial charge in [0.05, 0.1) is 12.1 Å². The molecule has 0 heterocycles. The van der Waals surface area contributed by atoms with Crippen LogP contribution in [0.25, 0.3) is 0 Å². The van der Waals surface area contributed by atoms with Crippen molar-refractivity contribution in [1.82, 2.24) is 0 Å². The van der Waals surface area contributed by atoms with E-state index < -0.39 is 11.4 Å². The molecule has 1 N–H and O–H groups in total. The topological polar surface area (TPSA) is 62.1 Å². The number of halogens is 1. The molecule has 1 rings (SSSR count). The highest BCUT2D eigenvalue weighted by atomic mass is 19.1. The second kappa shape index (κ2) is 6.19. The van der Waals surface area contributed by atoms with Crippen LogP contribution in [0.1, 0.15) is 32.8 Å². The third kappa shape index (κ3) is 4.96. The van der Waals surface area contributed by atoms with Crippen molar-refractivity contribution < 1.29 is 13.9 Å². The van der Waals surface area contributed by atoms with Crippen LogP contribution in [-0.2, 0) is 9.53 Å². The third-order valence-corrected chi connectivity index (χ3v) is 2.19. The zero-order valence-electron chi connectivity index (χ0n) is 11.3. The van der Waals surface area contributed by atoms with Crippen molar-refractivity contribution in [3.05, 3.63) is 29.6 Å². The average Bonchev–Trinajstić information content (AvgIpc) is 2.26. The first kappa shape index (κ1) is 15.0. The maximum absolute atomic E-state index is 13.3. The average molecular weight is 264 g/mol. The van der Waals surface area contributed by atoms with E-state index in [0.717, 1.165) is 0 Å². The highest BCUT2D eigenvalue weighted by Crippen LogP contribution is 2.17. The van der Waals surface area contributed by atoms with E-state index in [9.17, 15) is 9.18 Å². The van der Waals surface area contributed by atoms with Crippen molar-refractivity contribution in [3.8, 4) is 6.07 Å². The predicted molar refractivity (Wildman–Crippen MR) is 70.1 cm³/mol. The van der Waals surface area contributed by atoms with E-state index in [1.807, 2.05) is 0 Å². The molecule has 0 aromatic heterocycles. The Labute approximate surface area is 112 Å². The van der Waals surface area contributed by atoms with Crippen LogP contribution < -0.4 is 5.32 Å². The van der Waals surface area contributed by atoms with Gasteiger partial charge in [-0.1, -0.05) is 6.07 Å². The summed E-state index contributed by atoms with van der Waals surface area (Å²) in [6.07, 6.45) is 0.151. The molecule has 19 heavy (non-hydrogen) atoms. The van der Waals surface area contributed by atoms with Gasteiger partial charge in [-0.05, 0) is 32.9 Å². The van der Waals surface area contributed by atoms with E-state index >= 15 is 0 Å². The normalized spacial score (nSPS) is 10.7. The Balaban J connectivity index is 2.53. The maximum Gasteiger partial charge on any atom is 0.308 e. The molecule has 0 unspecified atom stereocenters. The van der Waals surface area contributed by atoms with E-state index in [1.165, 1.54) is 12.1 Å². The monoisotopic (exact) mass is 264 g/mol. The second-order valence-corrected chi connectivity index (χ2v) is 5.04. The number of hydrogen-bond donors (Lipinski definition) is 1. The van der Waals surface area contributed by atoms with Crippen LogP contribution in [0, 0.1) is 17.1 Å². The lowest BCUT2D eigenvalue weighted by molar-refractivity contribution is -0.154. The fraction of sp³-hybridized carbons (Fsp3) is 0.429. The number of rotatable bonds is 4. The number of nitriles is 1. The molecule has 0 aliphatic rings. The Bertz CT molecular complexity index is 501. The van der Waals surface area contributed by atoms with Gasteiger partial charge in [-0.15, -0.1) is 0 Å². The quantitative estimate of drug-likeness (QED) is 0.849. The van der Waals surface area contributed by atoms with Gasteiger partial charge in [0.2, 0.25) is 0 Å².